The maximum absolute atomic E-state index is 9.67. The topological polar surface area (TPSA) is 42.2 Å². The van der Waals surface area contributed by atoms with Crippen molar-refractivity contribution < 1.29 is 9.47 Å². The van der Waals surface area contributed by atoms with Crippen LogP contribution in [0.2, 0.25) is 5.02 Å². The minimum absolute atomic E-state index is 0.326. The Balaban J connectivity index is 2.01. The molecule has 0 aliphatic rings. The van der Waals surface area contributed by atoms with Crippen LogP contribution in [0.15, 0.2) is 79.4 Å². The number of hydrogen-bond acceptors (Lipinski definition) is 3. The molecule has 0 saturated heterocycles. The summed E-state index contributed by atoms with van der Waals surface area (Å²) in [5.41, 5.74) is 4.15. The maximum atomic E-state index is 9.67. The van der Waals surface area contributed by atoms with Gasteiger partial charge in [0.1, 0.15) is 6.61 Å². The second kappa shape index (κ2) is 11.1. The van der Waals surface area contributed by atoms with Crippen molar-refractivity contribution in [2.75, 3.05) is 6.61 Å². The van der Waals surface area contributed by atoms with Crippen LogP contribution in [-0.4, -0.2) is 6.61 Å². The van der Waals surface area contributed by atoms with Gasteiger partial charge in [-0.25, -0.2) is 0 Å². The SMILES string of the molecule is C=CCc1cc(/C=C(\C#N)c2ccccc2)cc(OCC)c1OCc1ccccc1Cl. The van der Waals surface area contributed by atoms with E-state index in [4.69, 9.17) is 21.1 Å². The monoisotopic (exact) mass is 429 g/mol. The van der Waals surface area contributed by atoms with Crippen molar-refractivity contribution in [2.24, 2.45) is 0 Å². The van der Waals surface area contributed by atoms with Gasteiger partial charge in [-0.05, 0) is 48.7 Å². The summed E-state index contributed by atoms with van der Waals surface area (Å²) in [5, 5.41) is 10.3. The Morgan fingerprint density at radius 3 is 2.45 bits per heavy atom. The standard InChI is InChI=1S/C27H24ClNO2/c1-3-10-22-15-20(16-24(18-29)21-11-6-5-7-12-21)17-26(30-4-2)27(22)31-19-23-13-8-9-14-25(23)28/h3,5-9,11-17H,1,4,10,19H2,2H3/b24-16+. The summed E-state index contributed by atoms with van der Waals surface area (Å²) in [6.45, 7) is 6.62. The van der Waals surface area contributed by atoms with Crippen LogP contribution in [0, 0.1) is 11.3 Å². The molecule has 0 spiro atoms. The van der Waals surface area contributed by atoms with Crippen molar-refractivity contribution in [2.45, 2.75) is 20.0 Å². The van der Waals surface area contributed by atoms with Gasteiger partial charge in [0.25, 0.3) is 0 Å². The first-order valence-corrected chi connectivity index (χ1v) is 10.5. The molecule has 0 fully saturated rings. The molecule has 0 aliphatic heterocycles. The first kappa shape index (κ1) is 22.2. The minimum atomic E-state index is 0.326. The molecule has 0 saturated carbocycles. The number of rotatable bonds is 9. The Hall–Kier alpha value is -3.48. The van der Waals surface area contributed by atoms with Gasteiger partial charge in [0, 0.05) is 16.1 Å². The highest BCUT2D eigenvalue weighted by Crippen LogP contribution is 2.36. The van der Waals surface area contributed by atoms with Crippen LogP contribution in [0.25, 0.3) is 11.6 Å². The van der Waals surface area contributed by atoms with Gasteiger partial charge in [0.05, 0.1) is 18.2 Å². The van der Waals surface area contributed by atoms with E-state index in [-0.39, 0.29) is 0 Å². The summed E-state index contributed by atoms with van der Waals surface area (Å²) in [4.78, 5) is 0. The summed E-state index contributed by atoms with van der Waals surface area (Å²) in [7, 11) is 0. The molecule has 3 rings (SSSR count). The predicted octanol–water partition coefficient (Wildman–Crippen LogP) is 7.11. The molecule has 31 heavy (non-hydrogen) atoms. The van der Waals surface area contributed by atoms with Crippen molar-refractivity contribution in [1.29, 1.82) is 5.26 Å². The van der Waals surface area contributed by atoms with E-state index in [1.165, 1.54) is 0 Å². The molecular formula is C27H24ClNO2. The van der Waals surface area contributed by atoms with E-state index in [0.717, 1.165) is 22.3 Å². The third kappa shape index (κ3) is 5.78. The van der Waals surface area contributed by atoms with Gasteiger partial charge in [-0.15, -0.1) is 6.58 Å². The summed E-state index contributed by atoms with van der Waals surface area (Å²) >= 11 is 6.28. The van der Waals surface area contributed by atoms with Gasteiger partial charge in [-0.2, -0.15) is 5.26 Å². The van der Waals surface area contributed by atoms with Gasteiger partial charge >= 0.3 is 0 Å². The fraction of sp³-hybridized carbons (Fsp3) is 0.148. The lowest BCUT2D eigenvalue weighted by molar-refractivity contribution is 0.267. The molecule has 0 amide bonds. The van der Waals surface area contributed by atoms with Gasteiger partial charge in [-0.1, -0.05) is 66.2 Å². The van der Waals surface area contributed by atoms with E-state index in [1.807, 2.05) is 85.8 Å². The molecule has 0 unspecified atom stereocenters. The van der Waals surface area contributed by atoms with Crippen LogP contribution in [0.1, 0.15) is 29.2 Å². The fourth-order valence-corrected chi connectivity index (χ4v) is 3.42. The van der Waals surface area contributed by atoms with Crippen LogP contribution in [-0.2, 0) is 13.0 Å². The minimum Gasteiger partial charge on any atom is -0.490 e. The molecule has 3 aromatic carbocycles. The summed E-state index contributed by atoms with van der Waals surface area (Å²) in [5.74, 6) is 1.29. The Kier molecular flexibility index (Phi) is 7.92. The molecule has 3 nitrogen and oxygen atoms in total. The quantitative estimate of drug-likeness (QED) is 0.207. The van der Waals surface area contributed by atoms with Crippen molar-refractivity contribution in [3.63, 3.8) is 0 Å². The Bertz CT molecular complexity index is 1110. The molecule has 4 heteroatoms. The predicted molar refractivity (Wildman–Crippen MR) is 127 cm³/mol. The molecule has 0 atom stereocenters. The zero-order valence-electron chi connectivity index (χ0n) is 17.5. The van der Waals surface area contributed by atoms with Crippen molar-refractivity contribution in [3.05, 3.63) is 107 Å². The molecule has 156 valence electrons. The zero-order chi connectivity index (χ0) is 22.1. The van der Waals surface area contributed by atoms with Gasteiger partial charge in [0.15, 0.2) is 11.5 Å². The average Bonchev–Trinajstić information content (AvgIpc) is 2.79. The third-order valence-electron chi connectivity index (χ3n) is 4.66. The number of halogens is 1. The lowest BCUT2D eigenvalue weighted by atomic mass is 10.0. The van der Waals surface area contributed by atoms with Crippen LogP contribution < -0.4 is 9.47 Å². The van der Waals surface area contributed by atoms with Crippen LogP contribution in [0.5, 0.6) is 11.5 Å². The molecule has 0 heterocycles. The highest BCUT2D eigenvalue weighted by molar-refractivity contribution is 6.31. The maximum Gasteiger partial charge on any atom is 0.165 e. The highest BCUT2D eigenvalue weighted by atomic mass is 35.5. The van der Waals surface area contributed by atoms with Crippen molar-refractivity contribution in [3.8, 4) is 17.6 Å². The zero-order valence-corrected chi connectivity index (χ0v) is 18.2. The van der Waals surface area contributed by atoms with Crippen molar-refractivity contribution in [1.82, 2.24) is 0 Å². The molecule has 0 radical (unpaired) electrons. The van der Waals surface area contributed by atoms with E-state index >= 15 is 0 Å². The summed E-state index contributed by atoms with van der Waals surface area (Å²) in [6.07, 6.45) is 4.29. The first-order valence-electron chi connectivity index (χ1n) is 10.1. The lowest BCUT2D eigenvalue weighted by Gasteiger charge is -2.17. The van der Waals surface area contributed by atoms with Gasteiger partial charge in [0.2, 0.25) is 0 Å². The third-order valence-corrected chi connectivity index (χ3v) is 5.03. The molecule has 0 N–H and O–H groups in total. The van der Waals surface area contributed by atoms with Crippen LogP contribution >= 0.6 is 11.6 Å². The highest BCUT2D eigenvalue weighted by Gasteiger charge is 2.14. The van der Waals surface area contributed by atoms with E-state index in [9.17, 15) is 5.26 Å². The second-order valence-electron chi connectivity index (χ2n) is 6.85. The normalized spacial score (nSPS) is 10.9. The van der Waals surface area contributed by atoms with Gasteiger partial charge in [-0.3, -0.25) is 0 Å². The van der Waals surface area contributed by atoms with Crippen LogP contribution in [0.3, 0.4) is 0 Å². The van der Waals surface area contributed by atoms with Crippen molar-refractivity contribution >= 4 is 23.3 Å². The Labute approximate surface area is 188 Å². The molecular weight excluding hydrogens is 406 g/mol. The Morgan fingerprint density at radius 1 is 1.03 bits per heavy atom. The number of nitrogens with zero attached hydrogens (tertiary/aromatic N) is 1. The van der Waals surface area contributed by atoms with E-state index in [0.29, 0.717) is 41.7 Å². The molecule has 0 aliphatic carbocycles. The largest absolute Gasteiger partial charge is 0.490 e. The molecule has 0 bridgehead atoms. The molecule has 3 aromatic rings. The number of nitriles is 1. The number of ether oxygens (including phenoxy) is 2. The Morgan fingerprint density at radius 2 is 1.77 bits per heavy atom. The van der Waals surface area contributed by atoms with E-state index < -0.39 is 0 Å². The average molecular weight is 430 g/mol. The number of benzene rings is 3. The number of hydrogen-bond donors (Lipinski definition) is 0. The molecule has 0 aromatic heterocycles. The summed E-state index contributed by atoms with van der Waals surface area (Å²) in [6, 6.07) is 23.4. The van der Waals surface area contributed by atoms with E-state index in [2.05, 4.69) is 12.6 Å². The van der Waals surface area contributed by atoms with Gasteiger partial charge < -0.3 is 9.47 Å². The van der Waals surface area contributed by atoms with E-state index in [1.54, 1.807) is 0 Å². The number of allylic oxidation sites excluding steroid dienone is 2. The lowest BCUT2D eigenvalue weighted by Crippen LogP contribution is -2.03. The van der Waals surface area contributed by atoms with Crippen LogP contribution in [0.4, 0.5) is 0 Å². The summed E-state index contributed by atoms with van der Waals surface area (Å²) < 4.78 is 12.1. The first-order chi connectivity index (χ1) is 15.2. The second-order valence-corrected chi connectivity index (χ2v) is 7.26. The smallest absolute Gasteiger partial charge is 0.165 e. The fourth-order valence-electron chi connectivity index (χ4n) is 3.23.